The van der Waals surface area contributed by atoms with Crippen molar-refractivity contribution >= 4 is 11.9 Å². The van der Waals surface area contributed by atoms with E-state index >= 15 is 0 Å². The number of amides is 3. The van der Waals surface area contributed by atoms with E-state index in [0.29, 0.717) is 25.5 Å². The monoisotopic (exact) mass is 343 g/mol. The smallest absolute Gasteiger partial charge is 0.317 e. The van der Waals surface area contributed by atoms with Crippen LogP contribution in [-0.2, 0) is 11.3 Å². The first-order valence-corrected chi connectivity index (χ1v) is 9.59. The summed E-state index contributed by atoms with van der Waals surface area (Å²) in [6.45, 7) is 3.32. The van der Waals surface area contributed by atoms with E-state index in [-0.39, 0.29) is 11.9 Å². The third-order valence-electron chi connectivity index (χ3n) is 5.34. The first kappa shape index (κ1) is 17.8. The van der Waals surface area contributed by atoms with Gasteiger partial charge in [-0.05, 0) is 24.8 Å². The number of carbonyl (C=O) groups is 2. The number of rotatable bonds is 3. The van der Waals surface area contributed by atoms with E-state index in [9.17, 15) is 9.59 Å². The molecule has 1 aromatic carbocycles. The number of nitrogens with zero attached hydrogens (tertiary/aromatic N) is 2. The number of benzene rings is 1. The van der Waals surface area contributed by atoms with Crippen molar-refractivity contribution in [1.82, 2.24) is 15.1 Å². The van der Waals surface area contributed by atoms with Crippen LogP contribution in [0, 0.1) is 5.92 Å². The average Bonchev–Trinajstić information content (AvgIpc) is 2.93. The summed E-state index contributed by atoms with van der Waals surface area (Å²) in [5.74, 6) is 0.526. The molecule has 3 amide bonds. The Balaban J connectivity index is 1.47. The number of hydrogen-bond acceptors (Lipinski definition) is 2. The summed E-state index contributed by atoms with van der Waals surface area (Å²) in [7, 11) is 0. The highest BCUT2D eigenvalue weighted by Crippen LogP contribution is 2.25. The average molecular weight is 343 g/mol. The van der Waals surface area contributed by atoms with Crippen LogP contribution in [0.2, 0.25) is 0 Å². The third-order valence-corrected chi connectivity index (χ3v) is 5.34. The van der Waals surface area contributed by atoms with Crippen molar-refractivity contribution in [2.45, 2.75) is 45.1 Å². The molecule has 0 radical (unpaired) electrons. The summed E-state index contributed by atoms with van der Waals surface area (Å²) >= 11 is 0. The number of nitrogens with one attached hydrogen (secondary N) is 1. The Kier molecular flexibility index (Phi) is 6.31. The maximum absolute atomic E-state index is 12.7. The first-order valence-electron chi connectivity index (χ1n) is 9.59. The largest absolute Gasteiger partial charge is 0.341 e. The van der Waals surface area contributed by atoms with Crippen LogP contribution in [0.3, 0.4) is 0 Å². The molecule has 2 fully saturated rings. The molecule has 136 valence electrons. The fourth-order valence-corrected chi connectivity index (χ4v) is 3.83. The standard InChI is InChI=1S/C20H29N3O2/c24-19(18-10-5-2-6-11-18)22-12-7-13-23(15-14-22)20(25)21-16-17-8-3-1-4-9-17/h1,3-4,8-9,18H,2,5-7,10-16H2,(H,21,25). The lowest BCUT2D eigenvalue weighted by molar-refractivity contribution is -0.136. The molecule has 1 aliphatic heterocycles. The quantitative estimate of drug-likeness (QED) is 0.917. The minimum Gasteiger partial charge on any atom is -0.341 e. The van der Waals surface area contributed by atoms with Crippen molar-refractivity contribution < 1.29 is 9.59 Å². The summed E-state index contributed by atoms with van der Waals surface area (Å²) < 4.78 is 0. The molecule has 1 saturated carbocycles. The molecule has 3 rings (SSSR count). The number of carbonyl (C=O) groups excluding carboxylic acids is 2. The Hall–Kier alpha value is -2.04. The molecular weight excluding hydrogens is 314 g/mol. The van der Waals surface area contributed by atoms with Crippen molar-refractivity contribution in [2.75, 3.05) is 26.2 Å². The van der Waals surface area contributed by atoms with Crippen LogP contribution in [0.15, 0.2) is 30.3 Å². The summed E-state index contributed by atoms with van der Waals surface area (Å²) in [5.41, 5.74) is 1.10. The highest BCUT2D eigenvalue weighted by molar-refractivity contribution is 5.79. The summed E-state index contributed by atoms with van der Waals surface area (Å²) in [6, 6.07) is 9.90. The van der Waals surface area contributed by atoms with E-state index in [1.165, 1.54) is 19.3 Å². The number of urea groups is 1. The van der Waals surface area contributed by atoms with Crippen LogP contribution in [0.1, 0.15) is 44.1 Å². The van der Waals surface area contributed by atoms with Gasteiger partial charge in [-0.3, -0.25) is 4.79 Å². The van der Waals surface area contributed by atoms with E-state index in [4.69, 9.17) is 0 Å². The molecule has 0 spiro atoms. The van der Waals surface area contributed by atoms with E-state index in [1.807, 2.05) is 40.1 Å². The molecular formula is C20H29N3O2. The Labute approximate surface area is 150 Å². The zero-order valence-electron chi connectivity index (χ0n) is 15.0. The van der Waals surface area contributed by atoms with Gasteiger partial charge in [-0.1, -0.05) is 49.6 Å². The van der Waals surface area contributed by atoms with Gasteiger partial charge in [0.1, 0.15) is 0 Å². The van der Waals surface area contributed by atoms with Crippen LogP contribution in [-0.4, -0.2) is 47.9 Å². The second-order valence-corrected chi connectivity index (χ2v) is 7.15. The third kappa shape index (κ3) is 4.97. The lowest BCUT2D eigenvalue weighted by Crippen LogP contribution is -2.43. The second kappa shape index (κ2) is 8.88. The molecule has 0 aromatic heterocycles. The Bertz CT molecular complexity index is 570. The Morgan fingerprint density at radius 2 is 1.56 bits per heavy atom. The van der Waals surface area contributed by atoms with Gasteiger partial charge in [0.2, 0.25) is 5.91 Å². The molecule has 1 N–H and O–H groups in total. The van der Waals surface area contributed by atoms with Gasteiger partial charge in [-0.25, -0.2) is 4.79 Å². The molecule has 1 aliphatic carbocycles. The van der Waals surface area contributed by atoms with Crippen molar-refractivity contribution in [2.24, 2.45) is 5.92 Å². The van der Waals surface area contributed by atoms with Crippen LogP contribution in [0.4, 0.5) is 4.79 Å². The maximum Gasteiger partial charge on any atom is 0.317 e. The normalized spacial score (nSPS) is 19.4. The Morgan fingerprint density at radius 3 is 2.32 bits per heavy atom. The van der Waals surface area contributed by atoms with Crippen molar-refractivity contribution in [1.29, 1.82) is 0 Å². The highest BCUT2D eigenvalue weighted by Gasteiger charge is 2.28. The van der Waals surface area contributed by atoms with Gasteiger partial charge in [0.25, 0.3) is 0 Å². The van der Waals surface area contributed by atoms with E-state index < -0.39 is 0 Å². The van der Waals surface area contributed by atoms with Crippen LogP contribution < -0.4 is 5.32 Å². The van der Waals surface area contributed by atoms with Crippen molar-refractivity contribution in [3.8, 4) is 0 Å². The predicted molar refractivity (Wildman–Crippen MR) is 98.0 cm³/mol. The van der Waals surface area contributed by atoms with Gasteiger partial charge < -0.3 is 15.1 Å². The van der Waals surface area contributed by atoms with E-state index in [0.717, 1.165) is 37.9 Å². The van der Waals surface area contributed by atoms with Gasteiger partial charge in [0, 0.05) is 38.6 Å². The minimum atomic E-state index is -0.0316. The SMILES string of the molecule is O=C(NCc1ccccc1)N1CCCN(C(=O)C2CCCCC2)CC1. The van der Waals surface area contributed by atoms with Crippen LogP contribution in [0.25, 0.3) is 0 Å². The van der Waals surface area contributed by atoms with Crippen molar-refractivity contribution in [3.63, 3.8) is 0 Å². The fourth-order valence-electron chi connectivity index (χ4n) is 3.83. The molecule has 0 unspecified atom stereocenters. The lowest BCUT2D eigenvalue weighted by atomic mass is 9.88. The second-order valence-electron chi connectivity index (χ2n) is 7.15. The maximum atomic E-state index is 12.7. The molecule has 1 aromatic rings. The molecule has 1 saturated heterocycles. The molecule has 5 nitrogen and oxygen atoms in total. The molecule has 0 bridgehead atoms. The Morgan fingerprint density at radius 1 is 0.880 bits per heavy atom. The highest BCUT2D eigenvalue weighted by atomic mass is 16.2. The van der Waals surface area contributed by atoms with E-state index in [1.54, 1.807) is 0 Å². The minimum absolute atomic E-state index is 0.0316. The zero-order valence-corrected chi connectivity index (χ0v) is 15.0. The molecule has 25 heavy (non-hydrogen) atoms. The van der Waals surface area contributed by atoms with Gasteiger partial charge in [-0.2, -0.15) is 0 Å². The zero-order chi connectivity index (χ0) is 17.5. The summed E-state index contributed by atoms with van der Waals surface area (Å²) in [5, 5.41) is 2.99. The van der Waals surface area contributed by atoms with Crippen molar-refractivity contribution in [3.05, 3.63) is 35.9 Å². The number of hydrogen-bond donors (Lipinski definition) is 1. The predicted octanol–water partition coefficient (Wildman–Crippen LogP) is 3.01. The first-order chi connectivity index (χ1) is 12.2. The van der Waals surface area contributed by atoms with Crippen LogP contribution >= 0.6 is 0 Å². The van der Waals surface area contributed by atoms with Crippen LogP contribution in [0.5, 0.6) is 0 Å². The molecule has 1 heterocycles. The van der Waals surface area contributed by atoms with Gasteiger partial charge in [0.05, 0.1) is 0 Å². The van der Waals surface area contributed by atoms with Gasteiger partial charge in [0.15, 0.2) is 0 Å². The topological polar surface area (TPSA) is 52.7 Å². The summed E-state index contributed by atoms with van der Waals surface area (Å²) in [4.78, 5) is 28.9. The molecule has 2 aliphatic rings. The fraction of sp³-hybridized carbons (Fsp3) is 0.600. The van der Waals surface area contributed by atoms with E-state index in [2.05, 4.69) is 5.32 Å². The molecule has 5 heteroatoms. The lowest BCUT2D eigenvalue weighted by Gasteiger charge is -2.28. The van der Waals surface area contributed by atoms with Gasteiger partial charge >= 0.3 is 6.03 Å². The summed E-state index contributed by atoms with van der Waals surface area (Å²) in [6.07, 6.45) is 6.56. The molecule has 0 atom stereocenters. The van der Waals surface area contributed by atoms with Gasteiger partial charge in [-0.15, -0.1) is 0 Å².